The Hall–Kier alpha value is -0.880. The Morgan fingerprint density at radius 1 is 1.60 bits per heavy atom. The van der Waals surface area contributed by atoms with Crippen molar-refractivity contribution in [3.8, 4) is 0 Å². The van der Waals surface area contributed by atoms with Gasteiger partial charge in [-0.1, -0.05) is 6.08 Å². The van der Waals surface area contributed by atoms with Gasteiger partial charge in [0.1, 0.15) is 0 Å². The van der Waals surface area contributed by atoms with Crippen LogP contribution in [0.4, 0.5) is 0 Å². The van der Waals surface area contributed by atoms with E-state index in [1.807, 2.05) is 0 Å². The zero-order valence-corrected chi connectivity index (χ0v) is 9.37. The fraction of sp³-hybridized carbons (Fsp3) is 0.667. The van der Waals surface area contributed by atoms with Crippen molar-refractivity contribution in [3.05, 3.63) is 12.7 Å². The predicted octanol–water partition coefficient (Wildman–Crippen LogP) is -0.158. The molecular weight excluding hydrogens is 216 g/mol. The summed E-state index contributed by atoms with van der Waals surface area (Å²) in [7, 11) is -3.53. The van der Waals surface area contributed by atoms with Crippen molar-refractivity contribution in [1.82, 2.24) is 4.90 Å². The van der Waals surface area contributed by atoms with Crippen LogP contribution in [0.2, 0.25) is 0 Å². The van der Waals surface area contributed by atoms with Gasteiger partial charge < -0.3 is 4.90 Å². The number of primary sulfonamides is 1. The smallest absolute Gasteiger partial charge is 0.226 e. The van der Waals surface area contributed by atoms with Gasteiger partial charge in [-0.15, -0.1) is 6.58 Å². The first-order valence-corrected chi connectivity index (χ1v) is 6.46. The topological polar surface area (TPSA) is 80.5 Å². The van der Waals surface area contributed by atoms with Crippen molar-refractivity contribution in [3.63, 3.8) is 0 Å². The molecule has 1 atom stereocenters. The van der Waals surface area contributed by atoms with Gasteiger partial charge in [-0.05, 0) is 12.8 Å². The molecular formula is C9H16N2O3S. The largest absolute Gasteiger partial charge is 0.341 e. The van der Waals surface area contributed by atoms with Crippen LogP contribution < -0.4 is 5.14 Å². The van der Waals surface area contributed by atoms with Crippen LogP contribution in [0.5, 0.6) is 0 Å². The lowest BCUT2D eigenvalue weighted by Gasteiger charge is -2.31. The lowest BCUT2D eigenvalue weighted by Crippen LogP contribution is -2.46. The molecule has 0 spiro atoms. The van der Waals surface area contributed by atoms with E-state index in [9.17, 15) is 13.2 Å². The number of rotatable bonds is 3. The Kier molecular flexibility index (Phi) is 3.87. The highest BCUT2D eigenvalue weighted by molar-refractivity contribution is 7.89. The lowest BCUT2D eigenvalue weighted by atomic mass is 10.1. The van der Waals surface area contributed by atoms with Gasteiger partial charge in [0.05, 0.1) is 5.25 Å². The lowest BCUT2D eigenvalue weighted by molar-refractivity contribution is -0.131. The normalized spacial score (nSPS) is 22.5. The second kappa shape index (κ2) is 4.76. The molecule has 6 heteroatoms. The van der Waals surface area contributed by atoms with E-state index in [-0.39, 0.29) is 18.9 Å². The molecule has 1 unspecified atom stereocenters. The van der Waals surface area contributed by atoms with Crippen LogP contribution in [-0.4, -0.2) is 37.6 Å². The number of sulfonamides is 1. The summed E-state index contributed by atoms with van der Waals surface area (Å²) in [6.07, 6.45) is 2.99. The first-order chi connectivity index (χ1) is 6.95. The highest BCUT2D eigenvalue weighted by Gasteiger charge is 2.29. The standard InChI is InChI=1S/C9H16N2O3S/c1-2-4-9(12)11-6-3-5-8(7-11)15(10,13)14/h2,8H,1,3-7H2,(H2,10,13,14). The van der Waals surface area contributed by atoms with E-state index >= 15 is 0 Å². The number of hydrogen-bond donors (Lipinski definition) is 1. The van der Waals surface area contributed by atoms with E-state index in [0.29, 0.717) is 19.4 Å². The van der Waals surface area contributed by atoms with E-state index in [2.05, 4.69) is 6.58 Å². The second-order valence-electron chi connectivity index (χ2n) is 3.69. The fourth-order valence-electron chi connectivity index (χ4n) is 1.69. The molecule has 2 N–H and O–H groups in total. The number of nitrogens with two attached hydrogens (primary N) is 1. The number of piperidine rings is 1. The Morgan fingerprint density at radius 2 is 2.27 bits per heavy atom. The third-order valence-electron chi connectivity index (χ3n) is 2.51. The molecule has 1 amide bonds. The average molecular weight is 232 g/mol. The molecule has 0 aromatic carbocycles. The minimum Gasteiger partial charge on any atom is -0.341 e. The molecule has 0 saturated carbocycles. The van der Waals surface area contributed by atoms with E-state index in [1.165, 1.54) is 6.08 Å². The number of likely N-dealkylation sites (tertiary alicyclic amines) is 1. The van der Waals surface area contributed by atoms with Crippen LogP contribution in [-0.2, 0) is 14.8 Å². The van der Waals surface area contributed by atoms with Crippen molar-refractivity contribution in [1.29, 1.82) is 0 Å². The number of hydrogen-bond acceptors (Lipinski definition) is 3. The molecule has 1 aliphatic rings. The van der Waals surface area contributed by atoms with E-state index < -0.39 is 15.3 Å². The zero-order valence-electron chi connectivity index (χ0n) is 8.55. The Balaban J connectivity index is 2.64. The molecule has 1 fully saturated rings. The van der Waals surface area contributed by atoms with E-state index in [1.54, 1.807) is 4.90 Å². The van der Waals surface area contributed by atoms with Crippen molar-refractivity contribution in [2.45, 2.75) is 24.5 Å². The maximum Gasteiger partial charge on any atom is 0.226 e. The summed E-state index contributed by atoms with van der Waals surface area (Å²) in [6.45, 7) is 4.30. The van der Waals surface area contributed by atoms with Gasteiger partial charge in [0.25, 0.3) is 0 Å². The Bertz CT molecular complexity index is 350. The maximum atomic E-state index is 11.5. The van der Waals surface area contributed by atoms with Crippen LogP contribution in [0.25, 0.3) is 0 Å². The summed E-state index contributed by atoms with van der Waals surface area (Å²) in [6, 6.07) is 0. The highest BCUT2D eigenvalue weighted by Crippen LogP contribution is 2.15. The molecule has 0 radical (unpaired) electrons. The van der Waals surface area contributed by atoms with E-state index in [0.717, 1.165) is 0 Å². The van der Waals surface area contributed by atoms with Crippen LogP contribution in [0.3, 0.4) is 0 Å². The van der Waals surface area contributed by atoms with Crippen LogP contribution >= 0.6 is 0 Å². The molecule has 1 aliphatic heterocycles. The van der Waals surface area contributed by atoms with Gasteiger partial charge in [-0.2, -0.15) is 0 Å². The third-order valence-corrected chi connectivity index (χ3v) is 3.83. The van der Waals surface area contributed by atoms with Gasteiger partial charge in [0.2, 0.25) is 15.9 Å². The fourth-order valence-corrected chi connectivity index (χ4v) is 2.57. The molecule has 0 aliphatic carbocycles. The van der Waals surface area contributed by atoms with Crippen LogP contribution in [0.15, 0.2) is 12.7 Å². The maximum absolute atomic E-state index is 11.5. The minimum atomic E-state index is -3.53. The Morgan fingerprint density at radius 3 is 2.80 bits per heavy atom. The van der Waals surface area contributed by atoms with E-state index in [4.69, 9.17) is 5.14 Å². The number of carbonyl (C=O) groups is 1. The zero-order chi connectivity index (χ0) is 11.5. The molecule has 0 aromatic rings. The average Bonchev–Trinajstić information content (AvgIpc) is 2.17. The predicted molar refractivity (Wildman–Crippen MR) is 57.5 cm³/mol. The third kappa shape index (κ3) is 3.32. The highest BCUT2D eigenvalue weighted by atomic mass is 32.2. The summed E-state index contributed by atoms with van der Waals surface area (Å²) in [5.74, 6) is -0.0849. The van der Waals surface area contributed by atoms with Crippen LogP contribution in [0, 0.1) is 0 Å². The summed E-state index contributed by atoms with van der Waals surface area (Å²) in [5.41, 5.74) is 0. The number of carbonyl (C=O) groups excluding carboxylic acids is 1. The molecule has 15 heavy (non-hydrogen) atoms. The van der Waals surface area contributed by atoms with Gasteiger partial charge in [0.15, 0.2) is 0 Å². The molecule has 1 heterocycles. The number of nitrogens with zero attached hydrogens (tertiary/aromatic N) is 1. The minimum absolute atomic E-state index is 0.0849. The van der Waals surface area contributed by atoms with Gasteiger partial charge in [0, 0.05) is 19.5 Å². The van der Waals surface area contributed by atoms with Crippen molar-refractivity contribution in [2.75, 3.05) is 13.1 Å². The quantitative estimate of drug-likeness (QED) is 0.687. The van der Waals surface area contributed by atoms with Crippen molar-refractivity contribution < 1.29 is 13.2 Å². The molecule has 86 valence electrons. The summed E-state index contributed by atoms with van der Waals surface area (Å²) in [5, 5.41) is 4.45. The molecule has 5 nitrogen and oxygen atoms in total. The summed E-state index contributed by atoms with van der Waals surface area (Å²) < 4.78 is 22.3. The van der Waals surface area contributed by atoms with Gasteiger partial charge >= 0.3 is 0 Å². The summed E-state index contributed by atoms with van der Waals surface area (Å²) in [4.78, 5) is 13.0. The van der Waals surface area contributed by atoms with Crippen molar-refractivity contribution in [2.24, 2.45) is 5.14 Å². The van der Waals surface area contributed by atoms with Crippen molar-refractivity contribution >= 4 is 15.9 Å². The van der Waals surface area contributed by atoms with Gasteiger partial charge in [-0.25, -0.2) is 13.6 Å². The molecule has 1 saturated heterocycles. The molecule has 0 bridgehead atoms. The van der Waals surface area contributed by atoms with Crippen LogP contribution in [0.1, 0.15) is 19.3 Å². The van der Waals surface area contributed by atoms with Gasteiger partial charge in [-0.3, -0.25) is 4.79 Å². The second-order valence-corrected chi connectivity index (χ2v) is 5.53. The first-order valence-electron chi connectivity index (χ1n) is 4.85. The monoisotopic (exact) mass is 232 g/mol. The molecule has 0 aromatic heterocycles. The number of amides is 1. The summed E-state index contributed by atoms with van der Waals surface area (Å²) >= 11 is 0. The SMILES string of the molecule is C=CCC(=O)N1CCCC(S(N)(=O)=O)C1. The first kappa shape index (κ1) is 12.2. The Labute approximate surface area is 90.0 Å². The molecule has 1 rings (SSSR count).